The van der Waals surface area contributed by atoms with Gasteiger partial charge in [-0.2, -0.15) is 0 Å². The smallest absolute Gasteiger partial charge is 0.225 e. The third kappa shape index (κ3) is 2.28. The van der Waals surface area contributed by atoms with Crippen molar-refractivity contribution >= 4 is 5.95 Å². The fourth-order valence-electron chi connectivity index (χ4n) is 2.08. The zero-order valence-corrected chi connectivity index (χ0v) is 9.61. The van der Waals surface area contributed by atoms with Gasteiger partial charge in [-0.05, 0) is 24.8 Å². The summed E-state index contributed by atoms with van der Waals surface area (Å²) in [6, 6.07) is 2.00. The minimum absolute atomic E-state index is 0.832. The maximum Gasteiger partial charge on any atom is 0.225 e. The Kier molecular flexibility index (Phi) is 3.19. The van der Waals surface area contributed by atoms with Gasteiger partial charge in [-0.1, -0.05) is 20.3 Å². The summed E-state index contributed by atoms with van der Waals surface area (Å²) in [7, 11) is 0. The Bertz CT molecular complexity index is 324. The number of hydrogen-bond donors (Lipinski definition) is 0. The van der Waals surface area contributed by atoms with E-state index >= 15 is 0 Å². The van der Waals surface area contributed by atoms with Gasteiger partial charge < -0.3 is 4.90 Å². The summed E-state index contributed by atoms with van der Waals surface area (Å²) in [6.45, 7) is 6.64. The summed E-state index contributed by atoms with van der Waals surface area (Å²) >= 11 is 0. The lowest BCUT2D eigenvalue weighted by Gasteiger charge is -2.16. The molecule has 1 unspecified atom stereocenters. The van der Waals surface area contributed by atoms with Gasteiger partial charge in [0.1, 0.15) is 0 Å². The number of aromatic nitrogens is 2. The Balaban J connectivity index is 2.09. The van der Waals surface area contributed by atoms with Crippen LogP contribution in [0.1, 0.15) is 32.4 Å². The topological polar surface area (TPSA) is 29.0 Å². The van der Waals surface area contributed by atoms with Crippen LogP contribution in [0.3, 0.4) is 0 Å². The molecule has 1 saturated heterocycles. The molecular weight excluding hydrogens is 186 g/mol. The zero-order chi connectivity index (χ0) is 10.7. The first-order valence-electron chi connectivity index (χ1n) is 5.90. The number of hydrogen-bond acceptors (Lipinski definition) is 3. The Labute approximate surface area is 91.5 Å². The molecule has 0 bridgehead atoms. The molecule has 0 radical (unpaired) electrons. The highest BCUT2D eigenvalue weighted by atomic mass is 15.3. The SMILES string of the molecule is CCc1ccnc(N2CCC(CC)C2)n1. The normalized spacial score (nSPS) is 20.9. The molecule has 15 heavy (non-hydrogen) atoms. The van der Waals surface area contributed by atoms with Gasteiger partial charge in [-0.3, -0.25) is 0 Å². The summed E-state index contributed by atoms with van der Waals surface area (Å²) in [5, 5.41) is 0. The third-order valence-corrected chi connectivity index (χ3v) is 3.21. The molecule has 0 amide bonds. The van der Waals surface area contributed by atoms with Crippen LogP contribution < -0.4 is 4.90 Å². The summed E-state index contributed by atoms with van der Waals surface area (Å²) in [6.07, 6.45) is 5.42. The molecule has 0 N–H and O–H groups in total. The second-order valence-electron chi connectivity index (χ2n) is 4.21. The molecule has 0 aromatic carbocycles. The molecule has 0 aliphatic carbocycles. The predicted octanol–water partition coefficient (Wildman–Crippen LogP) is 2.28. The summed E-state index contributed by atoms with van der Waals surface area (Å²) in [5.41, 5.74) is 1.14. The quantitative estimate of drug-likeness (QED) is 0.758. The van der Waals surface area contributed by atoms with Gasteiger partial charge >= 0.3 is 0 Å². The molecule has 0 spiro atoms. The van der Waals surface area contributed by atoms with Gasteiger partial charge in [0.15, 0.2) is 0 Å². The van der Waals surface area contributed by atoms with E-state index in [1.807, 2.05) is 12.3 Å². The third-order valence-electron chi connectivity index (χ3n) is 3.21. The largest absolute Gasteiger partial charge is 0.341 e. The van der Waals surface area contributed by atoms with Crippen LogP contribution in [0.15, 0.2) is 12.3 Å². The first-order chi connectivity index (χ1) is 7.33. The molecule has 1 aromatic rings. The van der Waals surface area contributed by atoms with Crippen molar-refractivity contribution in [1.82, 2.24) is 9.97 Å². The maximum absolute atomic E-state index is 4.56. The Hall–Kier alpha value is -1.12. The van der Waals surface area contributed by atoms with Gasteiger partial charge in [0.05, 0.1) is 0 Å². The van der Waals surface area contributed by atoms with E-state index in [0.29, 0.717) is 0 Å². The molecule has 82 valence electrons. The summed E-state index contributed by atoms with van der Waals surface area (Å²) < 4.78 is 0. The molecule has 1 aliphatic rings. The van der Waals surface area contributed by atoms with E-state index in [1.54, 1.807) is 0 Å². The van der Waals surface area contributed by atoms with Crippen molar-refractivity contribution < 1.29 is 0 Å². The molecule has 1 aliphatic heterocycles. The fraction of sp³-hybridized carbons (Fsp3) is 0.667. The van der Waals surface area contributed by atoms with E-state index in [0.717, 1.165) is 37.1 Å². The number of nitrogens with zero attached hydrogens (tertiary/aromatic N) is 3. The van der Waals surface area contributed by atoms with Crippen LogP contribution in [0.5, 0.6) is 0 Å². The van der Waals surface area contributed by atoms with Crippen LogP contribution in [-0.2, 0) is 6.42 Å². The number of anilines is 1. The van der Waals surface area contributed by atoms with Crippen LogP contribution in [0, 0.1) is 5.92 Å². The number of rotatable bonds is 3. The molecule has 3 heteroatoms. The highest BCUT2D eigenvalue weighted by molar-refractivity contribution is 5.31. The van der Waals surface area contributed by atoms with Gasteiger partial charge in [-0.15, -0.1) is 0 Å². The van der Waals surface area contributed by atoms with Crippen molar-refractivity contribution in [3.05, 3.63) is 18.0 Å². The fourth-order valence-corrected chi connectivity index (χ4v) is 2.08. The van der Waals surface area contributed by atoms with Crippen molar-refractivity contribution in [3.63, 3.8) is 0 Å². The first kappa shape index (κ1) is 10.4. The molecule has 2 heterocycles. The molecule has 2 rings (SSSR count). The second-order valence-corrected chi connectivity index (χ2v) is 4.21. The average molecular weight is 205 g/mol. The zero-order valence-electron chi connectivity index (χ0n) is 9.61. The van der Waals surface area contributed by atoms with Crippen molar-refractivity contribution in [2.45, 2.75) is 33.1 Å². The van der Waals surface area contributed by atoms with Crippen LogP contribution in [-0.4, -0.2) is 23.1 Å². The summed E-state index contributed by atoms with van der Waals surface area (Å²) in [5.74, 6) is 1.75. The minimum Gasteiger partial charge on any atom is -0.341 e. The van der Waals surface area contributed by atoms with Crippen molar-refractivity contribution in [3.8, 4) is 0 Å². The van der Waals surface area contributed by atoms with Gasteiger partial charge in [-0.25, -0.2) is 9.97 Å². The van der Waals surface area contributed by atoms with Gasteiger partial charge in [0.2, 0.25) is 5.95 Å². The van der Waals surface area contributed by atoms with Gasteiger partial charge in [0.25, 0.3) is 0 Å². The maximum atomic E-state index is 4.56. The average Bonchev–Trinajstić information content (AvgIpc) is 2.78. The van der Waals surface area contributed by atoms with E-state index in [4.69, 9.17) is 0 Å². The Morgan fingerprint density at radius 3 is 3.00 bits per heavy atom. The van der Waals surface area contributed by atoms with Crippen molar-refractivity contribution in [1.29, 1.82) is 0 Å². The Morgan fingerprint density at radius 2 is 2.33 bits per heavy atom. The molecule has 1 fully saturated rings. The van der Waals surface area contributed by atoms with Crippen LogP contribution in [0.25, 0.3) is 0 Å². The molecule has 3 nitrogen and oxygen atoms in total. The highest BCUT2D eigenvalue weighted by Gasteiger charge is 2.22. The lowest BCUT2D eigenvalue weighted by molar-refractivity contribution is 0.568. The Morgan fingerprint density at radius 1 is 1.47 bits per heavy atom. The lowest BCUT2D eigenvalue weighted by atomic mass is 10.1. The highest BCUT2D eigenvalue weighted by Crippen LogP contribution is 2.22. The van der Waals surface area contributed by atoms with Crippen LogP contribution in [0.2, 0.25) is 0 Å². The van der Waals surface area contributed by atoms with Gasteiger partial charge in [0, 0.05) is 25.0 Å². The van der Waals surface area contributed by atoms with E-state index in [-0.39, 0.29) is 0 Å². The predicted molar refractivity (Wildman–Crippen MR) is 62.0 cm³/mol. The monoisotopic (exact) mass is 205 g/mol. The number of aryl methyl sites for hydroxylation is 1. The van der Waals surface area contributed by atoms with E-state index in [1.165, 1.54) is 12.8 Å². The first-order valence-corrected chi connectivity index (χ1v) is 5.90. The molecule has 0 saturated carbocycles. The standard InChI is InChI=1S/C12H19N3/c1-3-10-6-8-15(9-10)12-13-7-5-11(4-2)14-12/h5,7,10H,3-4,6,8-9H2,1-2H3. The van der Waals surface area contributed by atoms with Crippen LogP contribution in [0.4, 0.5) is 5.95 Å². The van der Waals surface area contributed by atoms with Crippen molar-refractivity contribution in [2.75, 3.05) is 18.0 Å². The lowest BCUT2D eigenvalue weighted by Crippen LogP contribution is -2.22. The van der Waals surface area contributed by atoms with E-state index in [9.17, 15) is 0 Å². The molecule has 1 aromatic heterocycles. The van der Waals surface area contributed by atoms with Crippen LogP contribution >= 0.6 is 0 Å². The second kappa shape index (κ2) is 4.60. The molecular formula is C12H19N3. The summed E-state index contributed by atoms with van der Waals surface area (Å²) in [4.78, 5) is 11.2. The van der Waals surface area contributed by atoms with E-state index < -0.39 is 0 Å². The molecule has 1 atom stereocenters. The minimum atomic E-state index is 0.832. The van der Waals surface area contributed by atoms with Crippen molar-refractivity contribution in [2.24, 2.45) is 5.92 Å². The van der Waals surface area contributed by atoms with E-state index in [2.05, 4.69) is 28.7 Å².